The summed E-state index contributed by atoms with van der Waals surface area (Å²) in [6.07, 6.45) is 0. The molecule has 0 aromatic heterocycles. The summed E-state index contributed by atoms with van der Waals surface area (Å²) in [5.74, 6) is 0.739. The summed E-state index contributed by atoms with van der Waals surface area (Å²) in [7, 11) is 0.0428. The third-order valence-corrected chi connectivity index (χ3v) is 4.99. The van der Waals surface area contributed by atoms with E-state index in [0.717, 1.165) is 27.5 Å². The van der Waals surface area contributed by atoms with Crippen molar-refractivity contribution >= 4 is 18.4 Å². The summed E-state index contributed by atoms with van der Waals surface area (Å²) in [5.41, 5.74) is 3.37. The maximum atomic E-state index is 12.8. The van der Waals surface area contributed by atoms with Gasteiger partial charge in [0.2, 0.25) is 0 Å². The summed E-state index contributed by atoms with van der Waals surface area (Å²) in [4.78, 5) is 0. The molecule has 0 amide bonds. The lowest BCUT2D eigenvalue weighted by Gasteiger charge is -2.11. The van der Waals surface area contributed by atoms with Crippen LogP contribution in [0, 0.1) is 20.8 Å². The summed E-state index contributed by atoms with van der Waals surface area (Å²) in [5, 5.41) is 1.75. The average molecular weight is 273 g/mol. The van der Waals surface area contributed by atoms with Crippen LogP contribution in [0.2, 0.25) is 0 Å². The van der Waals surface area contributed by atoms with E-state index < -0.39 is 7.80 Å². The van der Waals surface area contributed by atoms with Gasteiger partial charge >= 0.3 is 0 Å². The van der Waals surface area contributed by atoms with Gasteiger partial charge in [-0.2, -0.15) is 0 Å². The van der Waals surface area contributed by atoms with Gasteiger partial charge in [-0.1, -0.05) is 23.8 Å². The van der Waals surface area contributed by atoms with Gasteiger partial charge in [0, 0.05) is 10.6 Å². The molecule has 99 valence electrons. The molecule has 0 aliphatic heterocycles. The van der Waals surface area contributed by atoms with Crippen LogP contribution in [0.15, 0.2) is 36.4 Å². The Morgan fingerprint density at radius 2 is 1.63 bits per heavy atom. The Morgan fingerprint density at radius 1 is 1.00 bits per heavy atom. The van der Waals surface area contributed by atoms with E-state index in [4.69, 9.17) is 4.74 Å². The SMILES string of the molecule is COc1cccc([P](=O)c2c(C)cc(C)cc2C)c1. The van der Waals surface area contributed by atoms with Crippen LogP contribution < -0.4 is 15.3 Å². The lowest BCUT2D eigenvalue weighted by molar-refractivity contribution is 0.415. The standard InChI is InChI=1S/C16H18O2P/c1-11-8-12(2)16(13(3)9-11)19(17)15-7-5-6-14(10-15)18-4/h5-10H,1-4H3. The zero-order valence-electron chi connectivity index (χ0n) is 11.7. The molecule has 0 saturated heterocycles. The first-order valence-electron chi connectivity index (χ1n) is 6.22. The second-order valence-electron chi connectivity index (χ2n) is 4.74. The van der Waals surface area contributed by atoms with Crippen molar-refractivity contribution in [3.05, 3.63) is 53.1 Å². The second-order valence-corrected chi connectivity index (χ2v) is 6.30. The van der Waals surface area contributed by atoms with Crippen LogP contribution in [-0.2, 0) is 4.57 Å². The summed E-state index contributed by atoms with van der Waals surface area (Å²) in [6, 6.07) is 11.6. The Hall–Kier alpha value is -1.66. The molecule has 2 nitrogen and oxygen atoms in total. The van der Waals surface area contributed by atoms with E-state index in [2.05, 4.69) is 19.1 Å². The second kappa shape index (κ2) is 5.54. The minimum Gasteiger partial charge on any atom is -0.497 e. The smallest absolute Gasteiger partial charge is 0.137 e. The summed E-state index contributed by atoms with van der Waals surface area (Å²) >= 11 is 0. The molecule has 0 fully saturated rings. The van der Waals surface area contributed by atoms with E-state index in [1.165, 1.54) is 5.56 Å². The van der Waals surface area contributed by atoms with Crippen LogP contribution in [0.1, 0.15) is 16.7 Å². The summed E-state index contributed by atoms with van der Waals surface area (Å²) < 4.78 is 18.0. The van der Waals surface area contributed by atoms with Crippen LogP contribution in [0.4, 0.5) is 0 Å². The first-order valence-corrected chi connectivity index (χ1v) is 7.48. The van der Waals surface area contributed by atoms with E-state index in [-0.39, 0.29) is 0 Å². The fraction of sp³-hybridized carbons (Fsp3) is 0.250. The summed E-state index contributed by atoms with van der Waals surface area (Å²) in [6.45, 7) is 6.09. The Kier molecular flexibility index (Phi) is 4.01. The number of hydrogen-bond donors (Lipinski definition) is 0. The molecule has 3 heteroatoms. The number of aryl methyl sites for hydroxylation is 3. The van der Waals surface area contributed by atoms with Gasteiger partial charge in [0.15, 0.2) is 0 Å². The van der Waals surface area contributed by atoms with Crippen LogP contribution in [0.25, 0.3) is 0 Å². The molecule has 2 aromatic rings. The van der Waals surface area contributed by atoms with Crippen molar-refractivity contribution in [2.45, 2.75) is 20.8 Å². The minimum absolute atomic E-state index is 0.739. The largest absolute Gasteiger partial charge is 0.497 e. The quantitative estimate of drug-likeness (QED) is 0.801. The Labute approximate surface area is 115 Å². The molecule has 0 N–H and O–H groups in total. The van der Waals surface area contributed by atoms with Crippen LogP contribution in [0.5, 0.6) is 5.75 Å². The molecule has 2 rings (SSSR count). The zero-order valence-corrected chi connectivity index (χ0v) is 12.6. The molecule has 1 radical (unpaired) electrons. The molecule has 1 unspecified atom stereocenters. The van der Waals surface area contributed by atoms with E-state index in [1.54, 1.807) is 7.11 Å². The molecule has 0 spiro atoms. The van der Waals surface area contributed by atoms with E-state index in [9.17, 15) is 4.57 Å². The third kappa shape index (κ3) is 2.85. The average Bonchev–Trinajstić information content (AvgIpc) is 2.37. The van der Waals surface area contributed by atoms with Crippen LogP contribution in [-0.4, -0.2) is 7.11 Å². The highest BCUT2D eigenvalue weighted by molar-refractivity contribution is 7.61. The Bertz CT molecular complexity index is 609. The van der Waals surface area contributed by atoms with Crippen molar-refractivity contribution < 1.29 is 9.30 Å². The first kappa shape index (κ1) is 13.8. The number of methoxy groups -OCH3 is 1. The molecule has 19 heavy (non-hydrogen) atoms. The predicted octanol–water partition coefficient (Wildman–Crippen LogP) is 3.40. The molecule has 0 bridgehead atoms. The zero-order chi connectivity index (χ0) is 14.0. The van der Waals surface area contributed by atoms with Crippen molar-refractivity contribution in [3.8, 4) is 5.75 Å². The van der Waals surface area contributed by atoms with Gasteiger partial charge in [-0.3, -0.25) is 4.57 Å². The van der Waals surface area contributed by atoms with Crippen LogP contribution in [0.3, 0.4) is 0 Å². The fourth-order valence-corrected chi connectivity index (χ4v) is 3.85. The van der Waals surface area contributed by atoms with Gasteiger partial charge in [0.25, 0.3) is 0 Å². The van der Waals surface area contributed by atoms with Gasteiger partial charge in [0.1, 0.15) is 13.6 Å². The monoisotopic (exact) mass is 273 g/mol. The van der Waals surface area contributed by atoms with Crippen molar-refractivity contribution in [3.63, 3.8) is 0 Å². The minimum atomic E-state index is -1.58. The molecule has 0 aliphatic carbocycles. The fourth-order valence-electron chi connectivity index (χ4n) is 2.36. The van der Waals surface area contributed by atoms with Crippen molar-refractivity contribution in [1.82, 2.24) is 0 Å². The normalized spacial score (nSPS) is 11.3. The van der Waals surface area contributed by atoms with E-state index >= 15 is 0 Å². The van der Waals surface area contributed by atoms with Crippen molar-refractivity contribution in [2.75, 3.05) is 7.11 Å². The van der Waals surface area contributed by atoms with Gasteiger partial charge in [-0.05, 0) is 50.1 Å². The van der Waals surface area contributed by atoms with Crippen molar-refractivity contribution in [1.29, 1.82) is 0 Å². The van der Waals surface area contributed by atoms with Gasteiger partial charge in [-0.25, -0.2) is 0 Å². The highest BCUT2D eigenvalue weighted by Gasteiger charge is 2.14. The molecular formula is C16H18O2P. The van der Waals surface area contributed by atoms with E-state index in [1.807, 2.05) is 38.1 Å². The molecule has 0 aliphatic rings. The maximum absolute atomic E-state index is 12.8. The topological polar surface area (TPSA) is 26.3 Å². The predicted molar refractivity (Wildman–Crippen MR) is 80.5 cm³/mol. The molecule has 0 saturated carbocycles. The Balaban J connectivity index is 2.50. The van der Waals surface area contributed by atoms with E-state index in [0.29, 0.717) is 0 Å². The first-order chi connectivity index (χ1) is 9.02. The van der Waals surface area contributed by atoms with Crippen LogP contribution >= 0.6 is 7.80 Å². The van der Waals surface area contributed by atoms with Gasteiger partial charge in [0.05, 0.1) is 7.11 Å². The molecular weight excluding hydrogens is 255 g/mol. The van der Waals surface area contributed by atoms with Crippen molar-refractivity contribution in [2.24, 2.45) is 0 Å². The molecule has 0 heterocycles. The number of benzene rings is 2. The number of ether oxygens (including phenoxy) is 1. The lowest BCUT2D eigenvalue weighted by atomic mass is 10.1. The number of hydrogen-bond acceptors (Lipinski definition) is 2. The highest BCUT2D eigenvalue weighted by atomic mass is 31.1. The Morgan fingerprint density at radius 3 is 2.21 bits per heavy atom. The van der Waals surface area contributed by atoms with Gasteiger partial charge in [-0.15, -0.1) is 0 Å². The lowest BCUT2D eigenvalue weighted by Crippen LogP contribution is -2.13. The highest BCUT2D eigenvalue weighted by Crippen LogP contribution is 2.26. The molecule has 1 atom stereocenters. The van der Waals surface area contributed by atoms with Gasteiger partial charge < -0.3 is 4.74 Å². The molecule has 2 aromatic carbocycles. The number of rotatable bonds is 3. The third-order valence-electron chi connectivity index (χ3n) is 3.13. The maximum Gasteiger partial charge on any atom is 0.137 e.